The Morgan fingerprint density at radius 1 is 1.15 bits per heavy atom. The van der Waals surface area contributed by atoms with Crippen molar-refractivity contribution >= 4 is 5.91 Å². The van der Waals surface area contributed by atoms with Crippen LogP contribution in [-0.4, -0.2) is 21.9 Å². The number of ether oxygens (including phenoxy) is 1. The smallest absolute Gasteiger partial charge is 0.251 e. The SMILES string of the molecule is CC[C@H](C)NC(=O)c1ccc(Oc2ccnc(-c3cccc(C)c3)n2)cc1. The molecule has 5 heteroatoms. The molecule has 27 heavy (non-hydrogen) atoms. The molecule has 0 bridgehead atoms. The number of nitrogens with one attached hydrogen (secondary N) is 1. The highest BCUT2D eigenvalue weighted by atomic mass is 16.5. The van der Waals surface area contributed by atoms with Crippen molar-refractivity contribution in [1.29, 1.82) is 0 Å². The minimum absolute atomic E-state index is 0.0836. The van der Waals surface area contributed by atoms with E-state index in [0.717, 1.165) is 17.5 Å². The highest BCUT2D eigenvalue weighted by molar-refractivity contribution is 5.94. The summed E-state index contributed by atoms with van der Waals surface area (Å²) in [5.74, 6) is 1.60. The lowest BCUT2D eigenvalue weighted by molar-refractivity contribution is 0.0939. The second-order valence-corrected chi connectivity index (χ2v) is 6.50. The Hall–Kier alpha value is -3.21. The first-order valence-electron chi connectivity index (χ1n) is 9.04. The predicted octanol–water partition coefficient (Wildman–Crippen LogP) is 4.77. The number of nitrogens with zero attached hydrogens (tertiary/aromatic N) is 2. The Bertz CT molecular complexity index is 923. The molecule has 1 atom stereocenters. The number of rotatable bonds is 6. The minimum atomic E-state index is -0.0836. The van der Waals surface area contributed by atoms with Gasteiger partial charge in [-0.15, -0.1) is 0 Å². The van der Waals surface area contributed by atoms with Crippen LogP contribution in [0.25, 0.3) is 11.4 Å². The Labute approximate surface area is 159 Å². The third kappa shape index (κ3) is 4.91. The number of hydrogen-bond acceptors (Lipinski definition) is 4. The largest absolute Gasteiger partial charge is 0.439 e. The summed E-state index contributed by atoms with van der Waals surface area (Å²) in [5, 5.41) is 2.94. The van der Waals surface area contributed by atoms with Crippen LogP contribution >= 0.6 is 0 Å². The van der Waals surface area contributed by atoms with Gasteiger partial charge < -0.3 is 10.1 Å². The van der Waals surface area contributed by atoms with Gasteiger partial charge in [0.2, 0.25) is 5.88 Å². The zero-order valence-electron chi connectivity index (χ0n) is 15.8. The van der Waals surface area contributed by atoms with Gasteiger partial charge in [0.25, 0.3) is 5.91 Å². The molecule has 0 aliphatic rings. The lowest BCUT2D eigenvalue weighted by atomic mass is 10.1. The van der Waals surface area contributed by atoms with E-state index in [9.17, 15) is 4.79 Å². The molecule has 0 radical (unpaired) electrons. The Balaban J connectivity index is 1.72. The van der Waals surface area contributed by atoms with E-state index in [1.807, 2.05) is 45.0 Å². The molecule has 3 rings (SSSR count). The highest BCUT2D eigenvalue weighted by Gasteiger charge is 2.09. The number of carbonyl (C=O) groups is 1. The van der Waals surface area contributed by atoms with Crippen molar-refractivity contribution in [3.05, 3.63) is 71.9 Å². The summed E-state index contributed by atoms with van der Waals surface area (Å²) in [6.07, 6.45) is 2.57. The lowest BCUT2D eigenvalue weighted by Crippen LogP contribution is -2.31. The van der Waals surface area contributed by atoms with Gasteiger partial charge in [-0.25, -0.2) is 4.98 Å². The second kappa shape index (κ2) is 8.45. The molecule has 5 nitrogen and oxygen atoms in total. The van der Waals surface area contributed by atoms with Crippen LogP contribution in [0.3, 0.4) is 0 Å². The van der Waals surface area contributed by atoms with E-state index >= 15 is 0 Å². The lowest BCUT2D eigenvalue weighted by Gasteiger charge is -2.11. The molecular formula is C22H23N3O2. The standard InChI is InChI=1S/C22H23N3O2/c1-4-16(3)24-22(26)17-8-10-19(11-9-17)27-20-12-13-23-21(25-20)18-7-5-6-15(2)14-18/h5-14,16H,4H2,1-3H3,(H,24,26)/t16-/m0/s1. The number of aryl methyl sites for hydroxylation is 1. The van der Waals surface area contributed by atoms with Crippen molar-refractivity contribution in [3.63, 3.8) is 0 Å². The Kier molecular flexibility index (Phi) is 5.81. The molecule has 0 fully saturated rings. The summed E-state index contributed by atoms with van der Waals surface area (Å²) in [6, 6.07) is 16.9. The van der Waals surface area contributed by atoms with Crippen LogP contribution in [0.2, 0.25) is 0 Å². The van der Waals surface area contributed by atoms with E-state index in [4.69, 9.17) is 4.74 Å². The minimum Gasteiger partial charge on any atom is -0.439 e. The van der Waals surface area contributed by atoms with Gasteiger partial charge in [0.1, 0.15) is 5.75 Å². The average Bonchev–Trinajstić information content (AvgIpc) is 2.68. The van der Waals surface area contributed by atoms with Gasteiger partial charge in [0, 0.05) is 29.4 Å². The zero-order valence-corrected chi connectivity index (χ0v) is 15.8. The van der Waals surface area contributed by atoms with E-state index in [1.54, 1.807) is 36.5 Å². The third-order valence-corrected chi connectivity index (χ3v) is 4.24. The van der Waals surface area contributed by atoms with Crippen molar-refractivity contribution in [2.45, 2.75) is 33.2 Å². The van der Waals surface area contributed by atoms with Crippen LogP contribution in [0.4, 0.5) is 0 Å². The van der Waals surface area contributed by atoms with Gasteiger partial charge in [-0.3, -0.25) is 4.79 Å². The summed E-state index contributed by atoms with van der Waals surface area (Å²) >= 11 is 0. The first kappa shape index (κ1) is 18.6. The average molecular weight is 361 g/mol. The molecule has 0 spiro atoms. The van der Waals surface area contributed by atoms with Crippen LogP contribution in [0.15, 0.2) is 60.8 Å². The molecule has 1 aromatic heterocycles. The van der Waals surface area contributed by atoms with E-state index in [1.165, 1.54) is 0 Å². The van der Waals surface area contributed by atoms with E-state index < -0.39 is 0 Å². The molecule has 0 aliphatic carbocycles. The van der Waals surface area contributed by atoms with Crippen molar-refractivity contribution < 1.29 is 9.53 Å². The number of benzene rings is 2. The van der Waals surface area contributed by atoms with Crippen LogP contribution in [0.1, 0.15) is 36.2 Å². The topological polar surface area (TPSA) is 64.1 Å². The molecule has 1 N–H and O–H groups in total. The van der Waals surface area contributed by atoms with E-state index in [2.05, 4.69) is 15.3 Å². The predicted molar refractivity (Wildman–Crippen MR) is 106 cm³/mol. The maximum atomic E-state index is 12.1. The normalized spacial score (nSPS) is 11.7. The fourth-order valence-corrected chi connectivity index (χ4v) is 2.53. The Morgan fingerprint density at radius 3 is 2.63 bits per heavy atom. The van der Waals surface area contributed by atoms with Crippen molar-refractivity contribution in [2.75, 3.05) is 0 Å². The monoisotopic (exact) mass is 361 g/mol. The first-order valence-corrected chi connectivity index (χ1v) is 9.04. The summed E-state index contributed by atoms with van der Waals surface area (Å²) < 4.78 is 5.82. The number of amides is 1. The molecule has 0 saturated carbocycles. The van der Waals surface area contributed by atoms with Crippen LogP contribution in [0, 0.1) is 6.92 Å². The van der Waals surface area contributed by atoms with Gasteiger partial charge in [-0.2, -0.15) is 4.98 Å². The molecule has 0 aliphatic heterocycles. The zero-order chi connectivity index (χ0) is 19.2. The number of aromatic nitrogens is 2. The number of hydrogen-bond donors (Lipinski definition) is 1. The molecule has 3 aromatic rings. The summed E-state index contributed by atoms with van der Waals surface area (Å²) in [4.78, 5) is 20.9. The van der Waals surface area contributed by atoms with Gasteiger partial charge in [0.15, 0.2) is 5.82 Å². The van der Waals surface area contributed by atoms with Gasteiger partial charge in [-0.05, 0) is 50.6 Å². The van der Waals surface area contributed by atoms with Crippen LogP contribution in [-0.2, 0) is 0 Å². The third-order valence-electron chi connectivity index (χ3n) is 4.24. The molecule has 1 amide bonds. The van der Waals surface area contributed by atoms with Crippen molar-refractivity contribution in [3.8, 4) is 23.0 Å². The fraction of sp³-hybridized carbons (Fsp3) is 0.227. The Morgan fingerprint density at radius 2 is 1.93 bits per heavy atom. The maximum Gasteiger partial charge on any atom is 0.251 e. The summed E-state index contributed by atoms with van der Waals surface area (Å²) in [5.41, 5.74) is 2.69. The highest BCUT2D eigenvalue weighted by Crippen LogP contribution is 2.23. The molecule has 0 unspecified atom stereocenters. The van der Waals surface area contributed by atoms with Crippen molar-refractivity contribution in [1.82, 2.24) is 15.3 Å². The fourth-order valence-electron chi connectivity index (χ4n) is 2.53. The van der Waals surface area contributed by atoms with Gasteiger partial charge in [-0.1, -0.05) is 30.7 Å². The molecular weight excluding hydrogens is 338 g/mol. The van der Waals surface area contributed by atoms with Crippen LogP contribution in [0.5, 0.6) is 11.6 Å². The first-order chi connectivity index (χ1) is 13.0. The molecule has 2 aromatic carbocycles. The van der Waals surface area contributed by atoms with Crippen LogP contribution < -0.4 is 10.1 Å². The quantitative estimate of drug-likeness (QED) is 0.687. The molecule has 138 valence electrons. The second-order valence-electron chi connectivity index (χ2n) is 6.50. The summed E-state index contributed by atoms with van der Waals surface area (Å²) in [7, 11) is 0. The van der Waals surface area contributed by atoms with Gasteiger partial charge >= 0.3 is 0 Å². The molecule has 1 heterocycles. The molecule has 0 saturated heterocycles. The van der Waals surface area contributed by atoms with E-state index in [-0.39, 0.29) is 11.9 Å². The van der Waals surface area contributed by atoms with Gasteiger partial charge in [0.05, 0.1) is 0 Å². The maximum absolute atomic E-state index is 12.1. The van der Waals surface area contributed by atoms with Crippen molar-refractivity contribution in [2.24, 2.45) is 0 Å². The van der Waals surface area contributed by atoms with E-state index in [0.29, 0.717) is 23.0 Å². The summed E-state index contributed by atoms with van der Waals surface area (Å²) in [6.45, 7) is 6.05. The number of carbonyl (C=O) groups excluding carboxylic acids is 1.